The predicted octanol–water partition coefficient (Wildman–Crippen LogP) is 3.62. The molecule has 0 bridgehead atoms. The van der Waals surface area contributed by atoms with E-state index in [0.717, 1.165) is 22.4 Å². The molecule has 0 aliphatic carbocycles. The van der Waals surface area contributed by atoms with Gasteiger partial charge in [-0.1, -0.05) is 54.6 Å². The number of aromatic nitrogens is 1. The number of amides is 1. The molecule has 1 aromatic heterocycles. The van der Waals surface area contributed by atoms with Crippen molar-refractivity contribution in [3.05, 3.63) is 77.3 Å². The van der Waals surface area contributed by atoms with Crippen LogP contribution in [0.3, 0.4) is 0 Å². The number of carboxylic acid groups (broad SMARTS) is 1. The van der Waals surface area contributed by atoms with Gasteiger partial charge < -0.3 is 14.4 Å². The zero-order valence-corrected chi connectivity index (χ0v) is 16.2. The topological polar surface area (TPSA) is 83.6 Å². The van der Waals surface area contributed by atoms with Gasteiger partial charge in [0, 0.05) is 31.4 Å². The minimum absolute atomic E-state index is 0.153. The first-order valence-electron chi connectivity index (χ1n) is 9.63. The van der Waals surface area contributed by atoms with Crippen LogP contribution in [0.5, 0.6) is 0 Å². The molecule has 1 unspecified atom stereocenters. The smallest absolute Gasteiger partial charge is 0.326 e. The summed E-state index contributed by atoms with van der Waals surface area (Å²) in [5, 5.41) is 9.61. The first kappa shape index (κ1) is 18.9. The molecule has 2 aromatic carbocycles. The lowest BCUT2D eigenvalue weighted by Gasteiger charge is -2.34. The van der Waals surface area contributed by atoms with Gasteiger partial charge in [-0.05, 0) is 18.1 Å². The third kappa shape index (κ3) is 3.92. The predicted molar refractivity (Wildman–Crippen MR) is 107 cm³/mol. The van der Waals surface area contributed by atoms with Crippen molar-refractivity contribution in [2.45, 2.75) is 38.8 Å². The van der Waals surface area contributed by atoms with Crippen molar-refractivity contribution < 1.29 is 19.1 Å². The largest absolute Gasteiger partial charge is 0.480 e. The average Bonchev–Trinajstić information content (AvgIpc) is 3.12. The van der Waals surface area contributed by atoms with E-state index in [-0.39, 0.29) is 12.3 Å². The van der Waals surface area contributed by atoms with Crippen LogP contribution < -0.4 is 0 Å². The van der Waals surface area contributed by atoms with Gasteiger partial charge in [-0.25, -0.2) is 9.78 Å². The van der Waals surface area contributed by atoms with E-state index in [1.165, 1.54) is 4.90 Å². The molecule has 1 atom stereocenters. The number of rotatable bonds is 5. The van der Waals surface area contributed by atoms with Gasteiger partial charge in [0.25, 0.3) is 0 Å². The number of carboxylic acids is 1. The Balaban J connectivity index is 1.47. The molecular weight excluding hydrogens is 368 g/mol. The molecule has 0 fully saturated rings. The molecule has 0 saturated carbocycles. The zero-order valence-electron chi connectivity index (χ0n) is 16.2. The van der Waals surface area contributed by atoms with Crippen LogP contribution in [0, 0.1) is 6.92 Å². The van der Waals surface area contributed by atoms with E-state index < -0.39 is 12.0 Å². The normalized spacial score (nSPS) is 15.8. The van der Waals surface area contributed by atoms with Gasteiger partial charge in [-0.3, -0.25) is 4.79 Å². The number of aliphatic carboxylic acids is 1. The summed E-state index contributed by atoms with van der Waals surface area (Å²) in [5.74, 6) is -0.00227. The van der Waals surface area contributed by atoms with E-state index in [0.29, 0.717) is 31.0 Å². The van der Waals surface area contributed by atoms with Crippen molar-refractivity contribution in [2.75, 3.05) is 0 Å². The van der Waals surface area contributed by atoms with Gasteiger partial charge in [-0.15, -0.1) is 0 Å². The number of oxazole rings is 1. The number of carbonyl (C=O) groups excluding carboxylic acids is 1. The summed E-state index contributed by atoms with van der Waals surface area (Å²) in [5.41, 5.74) is 3.69. The number of aryl methyl sites for hydroxylation is 2. The van der Waals surface area contributed by atoms with Gasteiger partial charge in [0.05, 0.1) is 5.69 Å². The highest BCUT2D eigenvalue weighted by Crippen LogP contribution is 2.26. The molecule has 148 valence electrons. The summed E-state index contributed by atoms with van der Waals surface area (Å²) in [4.78, 5) is 30.5. The molecule has 6 heteroatoms. The Morgan fingerprint density at radius 1 is 1.10 bits per heavy atom. The summed E-state index contributed by atoms with van der Waals surface area (Å²) >= 11 is 0. The number of hydrogen-bond acceptors (Lipinski definition) is 4. The molecule has 3 aromatic rings. The molecule has 0 spiro atoms. The first-order chi connectivity index (χ1) is 14.0. The quantitative estimate of drug-likeness (QED) is 0.719. The van der Waals surface area contributed by atoms with E-state index in [1.54, 1.807) is 0 Å². The lowest BCUT2D eigenvalue weighted by atomic mass is 9.93. The van der Waals surface area contributed by atoms with E-state index >= 15 is 0 Å². The number of nitrogens with zero attached hydrogens (tertiary/aromatic N) is 2. The maximum atomic E-state index is 12.9. The molecule has 1 aliphatic heterocycles. The Kier molecular flexibility index (Phi) is 5.16. The summed E-state index contributed by atoms with van der Waals surface area (Å²) in [6.45, 7) is 2.19. The highest BCUT2D eigenvalue weighted by Gasteiger charge is 2.34. The number of hydrogen-bond donors (Lipinski definition) is 1. The van der Waals surface area contributed by atoms with Crippen LogP contribution in [-0.4, -0.2) is 32.9 Å². The number of benzene rings is 2. The summed E-state index contributed by atoms with van der Waals surface area (Å²) in [7, 11) is 0. The molecule has 1 amide bonds. The van der Waals surface area contributed by atoms with Crippen LogP contribution in [0.2, 0.25) is 0 Å². The van der Waals surface area contributed by atoms with Crippen molar-refractivity contribution >= 4 is 11.9 Å². The van der Waals surface area contributed by atoms with Crippen molar-refractivity contribution in [3.8, 4) is 11.3 Å². The molecular formula is C23H22N2O4. The second-order valence-electron chi connectivity index (χ2n) is 7.24. The minimum Gasteiger partial charge on any atom is -0.480 e. The van der Waals surface area contributed by atoms with Gasteiger partial charge in [-0.2, -0.15) is 0 Å². The van der Waals surface area contributed by atoms with Crippen LogP contribution in [0.4, 0.5) is 0 Å². The lowest BCUT2D eigenvalue weighted by Crippen LogP contribution is -2.48. The van der Waals surface area contributed by atoms with Gasteiger partial charge in [0.1, 0.15) is 6.04 Å². The molecule has 6 nitrogen and oxygen atoms in total. The standard InChI is InChI=1S/C23H22N2O4/c1-15-22(16-7-3-2-4-8-16)29-20(24-15)11-12-21(26)25-14-18-10-6-5-9-17(18)13-19(25)23(27)28/h2-10,19H,11-14H2,1H3,(H,27,28). The third-order valence-corrected chi connectivity index (χ3v) is 5.28. The van der Waals surface area contributed by atoms with E-state index in [2.05, 4.69) is 4.98 Å². The van der Waals surface area contributed by atoms with Crippen molar-refractivity contribution in [1.82, 2.24) is 9.88 Å². The highest BCUT2D eigenvalue weighted by molar-refractivity contribution is 5.84. The number of carbonyl (C=O) groups is 2. The third-order valence-electron chi connectivity index (χ3n) is 5.28. The van der Waals surface area contributed by atoms with Gasteiger partial charge >= 0.3 is 5.97 Å². The molecule has 2 heterocycles. The molecule has 1 N–H and O–H groups in total. The monoisotopic (exact) mass is 390 g/mol. The minimum atomic E-state index is -0.980. The van der Waals surface area contributed by atoms with Crippen molar-refractivity contribution in [2.24, 2.45) is 0 Å². The van der Waals surface area contributed by atoms with E-state index in [4.69, 9.17) is 4.42 Å². The first-order valence-corrected chi connectivity index (χ1v) is 9.63. The lowest BCUT2D eigenvalue weighted by molar-refractivity contribution is -0.151. The van der Waals surface area contributed by atoms with Gasteiger partial charge in [0.15, 0.2) is 11.7 Å². The Hall–Kier alpha value is -3.41. The van der Waals surface area contributed by atoms with Crippen LogP contribution in [0.25, 0.3) is 11.3 Å². The maximum absolute atomic E-state index is 12.9. The molecule has 4 rings (SSSR count). The van der Waals surface area contributed by atoms with Gasteiger partial charge in [0.2, 0.25) is 5.91 Å². The Morgan fingerprint density at radius 3 is 2.52 bits per heavy atom. The maximum Gasteiger partial charge on any atom is 0.326 e. The number of fused-ring (bicyclic) bond motifs is 1. The molecule has 0 saturated heterocycles. The second-order valence-corrected chi connectivity index (χ2v) is 7.24. The summed E-state index contributed by atoms with van der Waals surface area (Å²) in [6.07, 6.45) is 0.810. The fourth-order valence-electron chi connectivity index (χ4n) is 3.78. The molecule has 1 aliphatic rings. The molecule has 0 radical (unpaired) electrons. The van der Waals surface area contributed by atoms with Crippen molar-refractivity contribution in [1.29, 1.82) is 0 Å². The Bertz CT molecular complexity index is 1040. The fraction of sp³-hybridized carbons (Fsp3) is 0.261. The van der Waals surface area contributed by atoms with Crippen LogP contribution in [-0.2, 0) is 29.0 Å². The van der Waals surface area contributed by atoms with Crippen LogP contribution >= 0.6 is 0 Å². The zero-order chi connectivity index (χ0) is 20.4. The Morgan fingerprint density at radius 2 is 1.79 bits per heavy atom. The van der Waals surface area contributed by atoms with E-state index in [9.17, 15) is 14.7 Å². The Labute approximate surface area is 168 Å². The average molecular weight is 390 g/mol. The van der Waals surface area contributed by atoms with Crippen LogP contribution in [0.15, 0.2) is 59.0 Å². The highest BCUT2D eigenvalue weighted by atomic mass is 16.4. The summed E-state index contributed by atoms with van der Waals surface area (Å²) in [6, 6.07) is 16.5. The fourth-order valence-corrected chi connectivity index (χ4v) is 3.78. The molecule has 29 heavy (non-hydrogen) atoms. The second kappa shape index (κ2) is 7.91. The van der Waals surface area contributed by atoms with Crippen molar-refractivity contribution in [3.63, 3.8) is 0 Å². The van der Waals surface area contributed by atoms with Crippen LogP contribution in [0.1, 0.15) is 29.1 Å². The van der Waals surface area contributed by atoms with E-state index in [1.807, 2.05) is 61.5 Å². The summed E-state index contributed by atoms with van der Waals surface area (Å²) < 4.78 is 5.87. The SMILES string of the molecule is Cc1nc(CCC(=O)N2Cc3ccccc3CC2C(=O)O)oc1-c1ccccc1.